The minimum absolute atomic E-state index is 0.237. The topological polar surface area (TPSA) is 146 Å². The number of aromatic carboxylic acids is 2. The fourth-order valence-electron chi connectivity index (χ4n) is 2.68. The number of hydrogen-bond acceptors (Lipinski definition) is 5. The first-order valence-electron chi connectivity index (χ1n) is 7.44. The van der Waals surface area contributed by atoms with Crippen molar-refractivity contribution in [2.24, 2.45) is 0 Å². The van der Waals surface area contributed by atoms with Gasteiger partial charge in [-0.2, -0.15) is 0 Å². The maximum atomic E-state index is 12.0. The standard InChI is InChI=1S/C18H13N3O5/c19-15-13(17(23)24)12(14(18(25)26)16(22)21-15)10-6-4-9(5-7-10)11-3-1-2-8-20-11/h1-8H,(H,23,24)(H,25,26)(H3,19,21,22). The van der Waals surface area contributed by atoms with Gasteiger partial charge in [-0.05, 0) is 17.7 Å². The Morgan fingerprint density at radius 2 is 1.54 bits per heavy atom. The molecule has 2 aromatic heterocycles. The number of aromatic nitrogens is 2. The van der Waals surface area contributed by atoms with Gasteiger partial charge in [-0.1, -0.05) is 30.3 Å². The van der Waals surface area contributed by atoms with Crippen molar-refractivity contribution >= 4 is 17.8 Å². The van der Waals surface area contributed by atoms with E-state index < -0.39 is 34.4 Å². The maximum Gasteiger partial charge on any atom is 0.342 e. The van der Waals surface area contributed by atoms with Crippen molar-refractivity contribution in [2.75, 3.05) is 5.73 Å². The molecule has 5 N–H and O–H groups in total. The highest BCUT2D eigenvalue weighted by atomic mass is 16.4. The van der Waals surface area contributed by atoms with Crippen molar-refractivity contribution in [3.05, 3.63) is 70.1 Å². The number of nitrogens with two attached hydrogens (primary N) is 1. The number of carboxylic acid groups (broad SMARTS) is 2. The molecule has 0 fully saturated rings. The predicted molar refractivity (Wildman–Crippen MR) is 94.1 cm³/mol. The molecule has 26 heavy (non-hydrogen) atoms. The van der Waals surface area contributed by atoms with Gasteiger partial charge in [-0.25, -0.2) is 9.59 Å². The van der Waals surface area contributed by atoms with Crippen LogP contribution in [0.2, 0.25) is 0 Å². The molecule has 0 spiro atoms. The number of carbonyl (C=O) groups is 2. The number of anilines is 1. The minimum atomic E-state index is -1.54. The maximum absolute atomic E-state index is 12.0. The summed E-state index contributed by atoms with van der Waals surface area (Å²) >= 11 is 0. The monoisotopic (exact) mass is 351 g/mol. The number of H-pyrrole nitrogens is 1. The Bertz CT molecular complexity index is 1060. The van der Waals surface area contributed by atoms with E-state index in [9.17, 15) is 24.6 Å². The number of pyridine rings is 2. The molecule has 0 radical (unpaired) electrons. The van der Waals surface area contributed by atoms with E-state index in [0.717, 1.165) is 5.56 Å². The van der Waals surface area contributed by atoms with Crippen LogP contribution in [-0.2, 0) is 0 Å². The lowest BCUT2D eigenvalue weighted by Crippen LogP contribution is -2.24. The molecule has 0 aliphatic rings. The molecule has 130 valence electrons. The Morgan fingerprint density at radius 1 is 0.923 bits per heavy atom. The summed E-state index contributed by atoms with van der Waals surface area (Å²) in [7, 11) is 0. The Hall–Kier alpha value is -3.94. The summed E-state index contributed by atoms with van der Waals surface area (Å²) in [5.74, 6) is -3.39. The Kier molecular flexibility index (Phi) is 4.24. The quantitative estimate of drug-likeness (QED) is 0.562. The van der Waals surface area contributed by atoms with Crippen LogP contribution in [0.3, 0.4) is 0 Å². The van der Waals surface area contributed by atoms with Gasteiger partial charge >= 0.3 is 11.9 Å². The van der Waals surface area contributed by atoms with Gasteiger partial charge in [0.25, 0.3) is 5.56 Å². The van der Waals surface area contributed by atoms with Crippen molar-refractivity contribution in [1.82, 2.24) is 9.97 Å². The second-order valence-corrected chi connectivity index (χ2v) is 5.40. The molecule has 0 atom stereocenters. The molecule has 0 aliphatic carbocycles. The zero-order valence-electron chi connectivity index (χ0n) is 13.3. The van der Waals surface area contributed by atoms with E-state index in [2.05, 4.69) is 9.97 Å². The summed E-state index contributed by atoms with van der Waals surface area (Å²) in [6.45, 7) is 0. The Morgan fingerprint density at radius 3 is 2.08 bits per heavy atom. The average Bonchev–Trinajstić information content (AvgIpc) is 2.61. The summed E-state index contributed by atoms with van der Waals surface area (Å²) in [4.78, 5) is 41.4. The molecule has 0 saturated carbocycles. The number of rotatable bonds is 4. The van der Waals surface area contributed by atoms with Gasteiger partial charge in [-0.3, -0.25) is 9.78 Å². The van der Waals surface area contributed by atoms with Crippen LogP contribution in [0, 0.1) is 0 Å². The highest BCUT2D eigenvalue weighted by molar-refractivity contribution is 6.07. The number of aromatic amines is 1. The van der Waals surface area contributed by atoms with Crippen molar-refractivity contribution in [1.29, 1.82) is 0 Å². The van der Waals surface area contributed by atoms with E-state index in [4.69, 9.17) is 5.73 Å². The van der Waals surface area contributed by atoms with Crippen LogP contribution in [-0.4, -0.2) is 32.1 Å². The van der Waals surface area contributed by atoms with E-state index in [1.165, 1.54) is 12.1 Å². The lowest BCUT2D eigenvalue weighted by Gasteiger charge is -2.12. The van der Waals surface area contributed by atoms with Gasteiger partial charge in [0.1, 0.15) is 16.9 Å². The zero-order chi connectivity index (χ0) is 18.8. The van der Waals surface area contributed by atoms with Crippen LogP contribution in [0.15, 0.2) is 53.5 Å². The summed E-state index contributed by atoms with van der Waals surface area (Å²) in [5, 5.41) is 18.8. The molecule has 8 nitrogen and oxygen atoms in total. The summed E-state index contributed by atoms with van der Waals surface area (Å²) < 4.78 is 0. The molecule has 0 unspecified atom stereocenters. The third-order valence-corrected chi connectivity index (χ3v) is 3.81. The average molecular weight is 351 g/mol. The van der Waals surface area contributed by atoms with Gasteiger partial charge < -0.3 is 20.9 Å². The number of nitrogens with one attached hydrogen (secondary N) is 1. The number of hydrogen-bond donors (Lipinski definition) is 4. The van der Waals surface area contributed by atoms with Gasteiger partial charge in [0.2, 0.25) is 0 Å². The van der Waals surface area contributed by atoms with Crippen LogP contribution in [0.5, 0.6) is 0 Å². The van der Waals surface area contributed by atoms with E-state index in [1.807, 2.05) is 6.07 Å². The van der Waals surface area contributed by atoms with Crippen molar-refractivity contribution in [3.8, 4) is 22.4 Å². The smallest absolute Gasteiger partial charge is 0.342 e. The molecule has 3 aromatic rings. The normalized spacial score (nSPS) is 10.5. The first kappa shape index (κ1) is 16.9. The lowest BCUT2D eigenvalue weighted by molar-refractivity contribution is 0.0695. The van der Waals surface area contributed by atoms with Crippen molar-refractivity contribution < 1.29 is 19.8 Å². The minimum Gasteiger partial charge on any atom is -0.478 e. The Labute approximate surface area is 146 Å². The number of nitrogens with zero attached hydrogens (tertiary/aromatic N) is 1. The number of benzene rings is 1. The highest BCUT2D eigenvalue weighted by Gasteiger charge is 2.26. The molecule has 0 aliphatic heterocycles. The number of nitrogen functional groups attached to an aromatic ring is 1. The molecular weight excluding hydrogens is 338 g/mol. The second-order valence-electron chi connectivity index (χ2n) is 5.40. The highest BCUT2D eigenvalue weighted by Crippen LogP contribution is 2.30. The molecule has 0 amide bonds. The summed E-state index contributed by atoms with van der Waals surface area (Å²) in [5.41, 5.74) is 4.96. The summed E-state index contributed by atoms with van der Waals surface area (Å²) in [6, 6.07) is 11.8. The van der Waals surface area contributed by atoms with Crippen LogP contribution < -0.4 is 11.3 Å². The van der Waals surface area contributed by atoms with Gasteiger partial charge in [-0.15, -0.1) is 0 Å². The van der Waals surface area contributed by atoms with E-state index >= 15 is 0 Å². The fourth-order valence-corrected chi connectivity index (χ4v) is 2.68. The van der Waals surface area contributed by atoms with Gasteiger partial charge in [0.15, 0.2) is 0 Å². The fraction of sp³-hybridized carbons (Fsp3) is 0. The first-order chi connectivity index (χ1) is 12.4. The molecular formula is C18H13N3O5. The van der Waals surface area contributed by atoms with Crippen molar-refractivity contribution in [2.45, 2.75) is 0 Å². The molecule has 0 bridgehead atoms. The third kappa shape index (κ3) is 2.91. The van der Waals surface area contributed by atoms with Gasteiger partial charge in [0.05, 0.1) is 5.69 Å². The molecule has 3 rings (SSSR count). The van der Waals surface area contributed by atoms with Crippen LogP contribution in [0.1, 0.15) is 20.7 Å². The SMILES string of the molecule is Nc1[nH]c(=O)c(C(=O)O)c(-c2ccc(-c3ccccn3)cc2)c1C(=O)O. The zero-order valence-corrected chi connectivity index (χ0v) is 13.3. The number of carboxylic acids is 2. The largest absolute Gasteiger partial charge is 0.478 e. The van der Waals surface area contributed by atoms with E-state index in [1.54, 1.807) is 30.5 Å². The Balaban J connectivity index is 2.24. The van der Waals surface area contributed by atoms with Crippen LogP contribution in [0.4, 0.5) is 5.82 Å². The summed E-state index contributed by atoms with van der Waals surface area (Å²) in [6.07, 6.45) is 1.63. The molecule has 8 heteroatoms. The second kappa shape index (κ2) is 6.52. The van der Waals surface area contributed by atoms with Crippen molar-refractivity contribution in [3.63, 3.8) is 0 Å². The molecule has 1 aromatic carbocycles. The molecule has 0 saturated heterocycles. The van der Waals surface area contributed by atoms with E-state index in [-0.39, 0.29) is 11.1 Å². The van der Waals surface area contributed by atoms with E-state index in [0.29, 0.717) is 5.69 Å². The predicted octanol–water partition coefficient (Wildman–Crippen LogP) is 2.08. The van der Waals surface area contributed by atoms with Gasteiger partial charge in [0, 0.05) is 17.3 Å². The third-order valence-electron chi connectivity index (χ3n) is 3.81. The van der Waals surface area contributed by atoms with Crippen LogP contribution >= 0.6 is 0 Å². The van der Waals surface area contributed by atoms with Crippen LogP contribution in [0.25, 0.3) is 22.4 Å². The lowest BCUT2D eigenvalue weighted by atomic mass is 9.94. The first-order valence-corrected chi connectivity index (χ1v) is 7.44. The molecule has 2 heterocycles.